The van der Waals surface area contributed by atoms with Gasteiger partial charge < -0.3 is 10.5 Å². The first-order chi connectivity index (χ1) is 9.24. The van der Waals surface area contributed by atoms with Gasteiger partial charge in [-0.15, -0.1) is 0 Å². The van der Waals surface area contributed by atoms with Crippen molar-refractivity contribution < 1.29 is 4.74 Å². The maximum Gasteiger partial charge on any atom is 0.118 e. The third kappa shape index (κ3) is 3.49. The predicted octanol–water partition coefficient (Wildman–Crippen LogP) is 3.63. The van der Waals surface area contributed by atoms with Crippen LogP contribution in [0, 0.1) is 0 Å². The Morgan fingerprint density at radius 2 is 1.79 bits per heavy atom. The summed E-state index contributed by atoms with van der Waals surface area (Å²) in [5.41, 5.74) is 8.24. The van der Waals surface area contributed by atoms with Crippen LogP contribution in [0.2, 0.25) is 5.02 Å². The molecule has 1 unspecified atom stereocenters. The second-order valence-corrected chi connectivity index (χ2v) is 4.91. The molecule has 2 aromatic rings. The lowest BCUT2D eigenvalue weighted by Gasteiger charge is -2.17. The van der Waals surface area contributed by atoms with Crippen LogP contribution in [0.1, 0.15) is 17.0 Å². The quantitative estimate of drug-likeness (QED) is 0.904. The molecule has 0 spiro atoms. The third-order valence-corrected chi connectivity index (χ3v) is 3.61. The first kappa shape index (κ1) is 13.9. The molecule has 2 aromatic carbocycles. The fourth-order valence-corrected chi connectivity index (χ4v) is 2.46. The molecule has 0 amide bonds. The highest BCUT2D eigenvalue weighted by atomic mass is 35.5. The summed E-state index contributed by atoms with van der Waals surface area (Å²) in [7, 11) is 1.67. The highest BCUT2D eigenvalue weighted by Crippen LogP contribution is 2.27. The van der Waals surface area contributed by atoms with Crippen LogP contribution in [-0.2, 0) is 6.42 Å². The summed E-state index contributed by atoms with van der Waals surface area (Å²) in [6, 6.07) is 16.0. The van der Waals surface area contributed by atoms with Gasteiger partial charge in [-0.3, -0.25) is 0 Å². The predicted molar refractivity (Wildman–Crippen MR) is 79.9 cm³/mol. The molecule has 2 nitrogen and oxygen atoms in total. The summed E-state index contributed by atoms with van der Waals surface area (Å²) < 4.78 is 5.16. The monoisotopic (exact) mass is 275 g/mol. The van der Waals surface area contributed by atoms with Crippen molar-refractivity contribution >= 4 is 11.6 Å². The Hall–Kier alpha value is -1.51. The number of benzene rings is 2. The summed E-state index contributed by atoms with van der Waals surface area (Å²) >= 11 is 6.24. The SMILES string of the molecule is COc1ccc(CC(CN)c2ccccc2Cl)cc1. The van der Waals surface area contributed by atoms with Gasteiger partial charge in [0.1, 0.15) is 5.75 Å². The Bertz CT molecular complexity index is 525. The summed E-state index contributed by atoms with van der Waals surface area (Å²) in [4.78, 5) is 0. The van der Waals surface area contributed by atoms with Gasteiger partial charge in [-0.1, -0.05) is 41.9 Å². The van der Waals surface area contributed by atoms with Gasteiger partial charge in [0.2, 0.25) is 0 Å². The van der Waals surface area contributed by atoms with Crippen molar-refractivity contribution in [2.45, 2.75) is 12.3 Å². The molecule has 3 heteroatoms. The molecule has 0 fully saturated rings. The maximum atomic E-state index is 6.24. The van der Waals surface area contributed by atoms with Gasteiger partial charge in [-0.2, -0.15) is 0 Å². The van der Waals surface area contributed by atoms with Crippen molar-refractivity contribution in [1.82, 2.24) is 0 Å². The molecule has 0 aromatic heterocycles. The zero-order valence-corrected chi connectivity index (χ0v) is 11.7. The van der Waals surface area contributed by atoms with E-state index in [2.05, 4.69) is 12.1 Å². The molecule has 0 saturated heterocycles. The van der Waals surface area contributed by atoms with Gasteiger partial charge in [0.25, 0.3) is 0 Å². The van der Waals surface area contributed by atoms with Crippen LogP contribution < -0.4 is 10.5 Å². The van der Waals surface area contributed by atoms with Crippen LogP contribution in [-0.4, -0.2) is 13.7 Å². The van der Waals surface area contributed by atoms with Crippen molar-refractivity contribution in [1.29, 1.82) is 0 Å². The number of hydrogen-bond donors (Lipinski definition) is 1. The van der Waals surface area contributed by atoms with E-state index in [-0.39, 0.29) is 5.92 Å². The van der Waals surface area contributed by atoms with E-state index in [0.29, 0.717) is 6.54 Å². The molecule has 0 radical (unpaired) electrons. The van der Waals surface area contributed by atoms with Gasteiger partial charge in [0.05, 0.1) is 7.11 Å². The van der Waals surface area contributed by atoms with Crippen LogP contribution in [0.4, 0.5) is 0 Å². The van der Waals surface area contributed by atoms with Crippen LogP contribution in [0.5, 0.6) is 5.75 Å². The zero-order valence-electron chi connectivity index (χ0n) is 11.0. The van der Waals surface area contributed by atoms with Gasteiger partial charge in [0, 0.05) is 10.9 Å². The summed E-state index contributed by atoms with van der Waals surface area (Å²) in [5.74, 6) is 1.10. The lowest BCUT2D eigenvalue weighted by atomic mass is 9.92. The Balaban J connectivity index is 2.17. The first-order valence-electron chi connectivity index (χ1n) is 6.32. The molecule has 2 N–H and O–H groups in total. The molecular weight excluding hydrogens is 258 g/mol. The van der Waals surface area contributed by atoms with E-state index in [1.807, 2.05) is 36.4 Å². The molecule has 2 rings (SSSR count). The standard InChI is InChI=1S/C16H18ClNO/c1-19-14-8-6-12(7-9-14)10-13(11-18)15-4-2-3-5-16(15)17/h2-9,13H,10-11,18H2,1H3. The Labute approximate surface area is 119 Å². The minimum Gasteiger partial charge on any atom is -0.497 e. The van der Waals surface area contributed by atoms with Gasteiger partial charge in [-0.05, 0) is 42.3 Å². The molecule has 19 heavy (non-hydrogen) atoms. The summed E-state index contributed by atoms with van der Waals surface area (Å²) in [5, 5.41) is 0.784. The second kappa shape index (κ2) is 6.60. The molecule has 0 aliphatic carbocycles. The summed E-state index contributed by atoms with van der Waals surface area (Å²) in [6.07, 6.45) is 0.879. The fraction of sp³-hybridized carbons (Fsp3) is 0.250. The average Bonchev–Trinajstić information content (AvgIpc) is 2.46. The van der Waals surface area contributed by atoms with E-state index in [9.17, 15) is 0 Å². The zero-order chi connectivity index (χ0) is 13.7. The van der Waals surface area contributed by atoms with Crippen LogP contribution in [0.3, 0.4) is 0 Å². The normalized spacial score (nSPS) is 12.2. The van der Waals surface area contributed by atoms with Crippen molar-refractivity contribution in [2.24, 2.45) is 5.73 Å². The topological polar surface area (TPSA) is 35.2 Å². The molecule has 0 aliphatic heterocycles. The van der Waals surface area contributed by atoms with Crippen molar-refractivity contribution in [3.05, 3.63) is 64.7 Å². The second-order valence-electron chi connectivity index (χ2n) is 4.51. The average molecular weight is 276 g/mol. The lowest BCUT2D eigenvalue weighted by molar-refractivity contribution is 0.414. The molecule has 0 aliphatic rings. The van der Waals surface area contributed by atoms with E-state index in [4.69, 9.17) is 22.1 Å². The van der Waals surface area contributed by atoms with E-state index in [0.717, 1.165) is 22.8 Å². The fourth-order valence-electron chi connectivity index (χ4n) is 2.17. The summed E-state index contributed by atoms with van der Waals surface area (Å²) in [6.45, 7) is 0.579. The molecule has 0 bridgehead atoms. The van der Waals surface area contributed by atoms with Crippen molar-refractivity contribution in [3.63, 3.8) is 0 Å². The van der Waals surface area contributed by atoms with Crippen LogP contribution >= 0.6 is 11.6 Å². The van der Waals surface area contributed by atoms with Crippen molar-refractivity contribution in [3.8, 4) is 5.75 Å². The molecule has 0 saturated carbocycles. The first-order valence-corrected chi connectivity index (χ1v) is 6.70. The Morgan fingerprint density at radius 3 is 2.37 bits per heavy atom. The Kier molecular flexibility index (Phi) is 4.83. The van der Waals surface area contributed by atoms with E-state index >= 15 is 0 Å². The Morgan fingerprint density at radius 1 is 1.11 bits per heavy atom. The highest BCUT2D eigenvalue weighted by Gasteiger charge is 2.13. The molecular formula is C16H18ClNO. The van der Waals surface area contributed by atoms with E-state index in [1.165, 1.54) is 5.56 Å². The number of methoxy groups -OCH3 is 1. The number of rotatable bonds is 5. The minimum atomic E-state index is 0.238. The lowest BCUT2D eigenvalue weighted by Crippen LogP contribution is -2.15. The van der Waals surface area contributed by atoms with E-state index < -0.39 is 0 Å². The van der Waals surface area contributed by atoms with Gasteiger partial charge in [-0.25, -0.2) is 0 Å². The molecule has 0 heterocycles. The minimum absolute atomic E-state index is 0.238. The van der Waals surface area contributed by atoms with E-state index in [1.54, 1.807) is 7.11 Å². The highest BCUT2D eigenvalue weighted by molar-refractivity contribution is 6.31. The van der Waals surface area contributed by atoms with Gasteiger partial charge >= 0.3 is 0 Å². The smallest absolute Gasteiger partial charge is 0.118 e. The number of ether oxygens (including phenoxy) is 1. The van der Waals surface area contributed by atoms with Crippen molar-refractivity contribution in [2.75, 3.05) is 13.7 Å². The van der Waals surface area contributed by atoms with Crippen LogP contribution in [0.25, 0.3) is 0 Å². The largest absolute Gasteiger partial charge is 0.497 e. The van der Waals surface area contributed by atoms with Crippen LogP contribution in [0.15, 0.2) is 48.5 Å². The molecule has 1 atom stereocenters. The number of nitrogens with two attached hydrogens (primary N) is 1. The number of hydrogen-bond acceptors (Lipinski definition) is 2. The number of halogens is 1. The third-order valence-electron chi connectivity index (χ3n) is 3.27. The van der Waals surface area contributed by atoms with Gasteiger partial charge in [0.15, 0.2) is 0 Å². The maximum absolute atomic E-state index is 6.24. The molecule has 100 valence electrons.